The first-order chi connectivity index (χ1) is 11.2. The van der Waals surface area contributed by atoms with E-state index in [4.69, 9.17) is 16.3 Å². The van der Waals surface area contributed by atoms with Crippen molar-refractivity contribution in [1.82, 2.24) is 4.98 Å². The van der Waals surface area contributed by atoms with Crippen LogP contribution in [0.2, 0.25) is 5.02 Å². The third kappa shape index (κ3) is 3.78. The standard InChI is InChI=1S/C16H14ClN3O2S/c1-22-10-6-7-13-14(8-10)20-16(19-13)23-9-15(21)18-12-5-3-2-4-11(12)17/h2-8H,9H2,1H3,(H,18,21)(H,19,20)/p+1. The molecule has 0 aliphatic heterocycles. The van der Waals surface area contributed by atoms with Crippen LogP contribution in [0.5, 0.6) is 5.75 Å². The number of H-pyrrole nitrogens is 2. The highest BCUT2D eigenvalue weighted by Gasteiger charge is 2.14. The number of nitrogens with one attached hydrogen (secondary N) is 3. The lowest BCUT2D eigenvalue weighted by molar-refractivity contribution is -0.396. The second-order valence-electron chi connectivity index (χ2n) is 4.81. The predicted molar refractivity (Wildman–Crippen MR) is 92.2 cm³/mol. The normalized spacial score (nSPS) is 10.7. The number of thioether (sulfide) groups is 1. The molecule has 3 N–H and O–H groups in total. The summed E-state index contributed by atoms with van der Waals surface area (Å²) < 4.78 is 5.19. The number of methoxy groups -OCH3 is 1. The van der Waals surface area contributed by atoms with Crippen molar-refractivity contribution in [2.75, 3.05) is 18.2 Å². The maximum absolute atomic E-state index is 12.0. The van der Waals surface area contributed by atoms with E-state index >= 15 is 0 Å². The molecule has 7 heteroatoms. The molecule has 0 saturated carbocycles. The van der Waals surface area contributed by atoms with Crippen molar-refractivity contribution < 1.29 is 14.5 Å². The van der Waals surface area contributed by atoms with Gasteiger partial charge in [-0.05, 0) is 36.0 Å². The van der Waals surface area contributed by atoms with Gasteiger partial charge in [-0.25, -0.2) is 9.97 Å². The van der Waals surface area contributed by atoms with E-state index in [1.807, 2.05) is 30.3 Å². The predicted octanol–water partition coefficient (Wildman–Crippen LogP) is 3.37. The first-order valence-corrected chi connectivity index (χ1v) is 8.28. The number of aromatic nitrogens is 2. The van der Waals surface area contributed by atoms with E-state index in [0.717, 1.165) is 21.9 Å². The average Bonchev–Trinajstić information content (AvgIpc) is 2.97. The minimum Gasteiger partial charge on any atom is -0.497 e. The Morgan fingerprint density at radius 2 is 2.17 bits per heavy atom. The van der Waals surface area contributed by atoms with E-state index in [-0.39, 0.29) is 11.7 Å². The number of aromatic amines is 2. The van der Waals surface area contributed by atoms with E-state index < -0.39 is 0 Å². The van der Waals surface area contributed by atoms with Gasteiger partial charge < -0.3 is 10.1 Å². The summed E-state index contributed by atoms with van der Waals surface area (Å²) in [6.07, 6.45) is 0. The molecule has 0 atom stereocenters. The molecule has 0 spiro atoms. The van der Waals surface area contributed by atoms with Crippen LogP contribution in [0.25, 0.3) is 11.0 Å². The topological polar surface area (TPSA) is 68.3 Å². The Kier molecular flexibility index (Phi) is 4.73. The van der Waals surface area contributed by atoms with E-state index in [1.165, 1.54) is 11.8 Å². The first kappa shape index (κ1) is 15.7. The highest BCUT2D eigenvalue weighted by Crippen LogP contribution is 2.22. The number of amides is 1. The summed E-state index contributed by atoms with van der Waals surface area (Å²) in [7, 11) is 1.63. The first-order valence-electron chi connectivity index (χ1n) is 6.92. The molecule has 0 radical (unpaired) electrons. The van der Waals surface area contributed by atoms with Gasteiger partial charge in [-0.3, -0.25) is 4.79 Å². The van der Waals surface area contributed by atoms with Crippen LogP contribution in [0.1, 0.15) is 0 Å². The maximum Gasteiger partial charge on any atom is 0.315 e. The largest absolute Gasteiger partial charge is 0.497 e. The lowest BCUT2D eigenvalue weighted by atomic mass is 10.3. The Hall–Kier alpha value is -2.18. The molecular formula is C16H15ClN3O2S+. The van der Waals surface area contributed by atoms with Crippen molar-refractivity contribution in [2.45, 2.75) is 5.16 Å². The van der Waals surface area contributed by atoms with E-state index in [9.17, 15) is 4.79 Å². The molecule has 1 amide bonds. The van der Waals surface area contributed by atoms with E-state index in [0.29, 0.717) is 10.7 Å². The van der Waals surface area contributed by atoms with E-state index in [2.05, 4.69) is 15.3 Å². The van der Waals surface area contributed by atoms with Gasteiger partial charge in [-0.1, -0.05) is 23.7 Å². The number of rotatable bonds is 5. The lowest BCUT2D eigenvalue weighted by Crippen LogP contribution is -2.15. The summed E-state index contributed by atoms with van der Waals surface area (Å²) in [6.45, 7) is 0. The fraction of sp³-hybridized carbons (Fsp3) is 0.125. The summed E-state index contributed by atoms with van der Waals surface area (Å²) in [6, 6.07) is 12.9. The Morgan fingerprint density at radius 1 is 1.35 bits per heavy atom. The van der Waals surface area contributed by atoms with Crippen LogP contribution >= 0.6 is 23.4 Å². The molecule has 23 heavy (non-hydrogen) atoms. The second-order valence-corrected chi connectivity index (χ2v) is 6.20. The lowest BCUT2D eigenvalue weighted by Gasteiger charge is -2.05. The van der Waals surface area contributed by atoms with Crippen molar-refractivity contribution in [3.05, 3.63) is 47.5 Å². The smallest absolute Gasteiger partial charge is 0.315 e. The van der Waals surface area contributed by atoms with Crippen molar-refractivity contribution >= 4 is 46.0 Å². The zero-order valence-corrected chi connectivity index (χ0v) is 13.9. The summed E-state index contributed by atoms with van der Waals surface area (Å²) >= 11 is 7.41. The molecule has 1 aromatic heterocycles. The molecule has 1 heterocycles. The molecule has 0 saturated heterocycles. The molecular weight excluding hydrogens is 334 g/mol. The fourth-order valence-corrected chi connectivity index (χ4v) is 2.99. The van der Waals surface area contributed by atoms with E-state index in [1.54, 1.807) is 19.2 Å². The number of benzene rings is 2. The highest BCUT2D eigenvalue weighted by molar-refractivity contribution is 7.99. The van der Waals surface area contributed by atoms with Crippen molar-refractivity contribution in [3.63, 3.8) is 0 Å². The molecule has 3 rings (SSSR count). The van der Waals surface area contributed by atoms with Gasteiger partial charge in [-0.15, -0.1) is 0 Å². The molecule has 0 bridgehead atoms. The minimum absolute atomic E-state index is 0.118. The number of carbonyl (C=O) groups excluding carboxylic acids is 1. The number of imidazole rings is 1. The van der Waals surface area contributed by atoms with Gasteiger partial charge >= 0.3 is 5.16 Å². The molecule has 2 aromatic carbocycles. The molecule has 0 aliphatic carbocycles. The number of hydrogen-bond acceptors (Lipinski definition) is 3. The van der Waals surface area contributed by atoms with Crippen LogP contribution in [0.3, 0.4) is 0 Å². The number of hydrogen-bond donors (Lipinski definition) is 2. The zero-order valence-electron chi connectivity index (χ0n) is 12.4. The van der Waals surface area contributed by atoms with Crippen molar-refractivity contribution in [3.8, 4) is 5.75 Å². The van der Waals surface area contributed by atoms with Gasteiger partial charge in [0.15, 0.2) is 11.0 Å². The highest BCUT2D eigenvalue weighted by atomic mass is 35.5. The summed E-state index contributed by atoms with van der Waals surface area (Å²) in [4.78, 5) is 18.5. The summed E-state index contributed by atoms with van der Waals surface area (Å²) in [5.41, 5.74) is 2.50. The van der Waals surface area contributed by atoms with Gasteiger partial charge in [0, 0.05) is 6.07 Å². The van der Waals surface area contributed by atoms with Gasteiger partial charge in [0.05, 0.1) is 23.6 Å². The number of fused-ring (bicyclic) bond motifs is 1. The van der Waals surface area contributed by atoms with Crippen molar-refractivity contribution in [1.29, 1.82) is 0 Å². The minimum atomic E-state index is -0.118. The van der Waals surface area contributed by atoms with Crippen molar-refractivity contribution in [2.24, 2.45) is 0 Å². The van der Waals surface area contributed by atoms with Gasteiger partial charge in [0.2, 0.25) is 5.91 Å². The number of ether oxygens (including phenoxy) is 1. The average molecular weight is 349 g/mol. The Bertz CT molecular complexity index is 850. The van der Waals surface area contributed by atoms with Crippen LogP contribution in [0.4, 0.5) is 5.69 Å². The quantitative estimate of drug-likeness (QED) is 0.694. The SMILES string of the molecule is COc1ccc2[nH+]c(SCC(=O)Nc3ccccc3Cl)[nH]c2c1. The van der Waals surface area contributed by atoms with Crippen LogP contribution < -0.4 is 15.0 Å². The monoisotopic (exact) mass is 348 g/mol. The molecule has 0 fully saturated rings. The molecule has 0 aliphatic rings. The number of para-hydroxylation sites is 1. The number of anilines is 1. The zero-order chi connectivity index (χ0) is 16.2. The Morgan fingerprint density at radius 3 is 2.96 bits per heavy atom. The third-order valence-electron chi connectivity index (χ3n) is 3.22. The second kappa shape index (κ2) is 6.93. The van der Waals surface area contributed by atoms with Crippen LogP contribution in [0.15, 0.2) is 47.6 Å². The Labute approximate surface area is 142 Å². The molecule has 118 valence electrons. The summed E-state index contributed by atoms with van der Waals surface area (Å²) in [5, 5.41) is 4.12. The molecule has 5 nitrogen and oxygen atoms in total. The summed E-state index contributed by atoms with van der Waals surface area (Å²) in [5.74, 6) is 0.930. The number of halogens is 1. The molecule has 0 unspecified atom stereocenters. The van der Waals surface area contributed by atoms with Gasteiger partial charge in [-0.2, -0.15) is 0 Å². The fourth-order valence-electron chi connectivity index (χ4n) is 2.10. The van der Waals surface area contributed by atoms with Crippen LogP contribution in [-0.2, 0) is 4.79 Å². The number of carbonyl (C=O) groups is 1. The van der Waals surface area contributed by atoms with Crippen LogP contribution in [0, 0.1) is 0 Å². The third-order valence-corrected chi connectivity index (χ3v) is 4.45. The van der Waals surface area contributed by atoms with Crippen LogP contribution in [-0.4, -0.2) is 23.8 Å². The maximum atomic E-state index is 12.0. The Balaban J connectivity index is 1.64. The van der Waals surface area contributed by atoms with Gasteiger partial charge in [0.1, 0.15) is 5.75 Å². The van der Waals surface area contributed by atoms with Gasteiger partial charge in [0.25, 0.3) is 0 Å². The molecule has 3 aromatic rings.